The molecule has 1 fully saturated rings. The van der Waals surface area contributed by atoms with E-state index in [9.17, 15) is 19.2 Å². The zero-order valence-electron chi connectivity index (χ0n) is 21.9. The van der Waals surface area contributed by atoms with Crippen LogP contribution in [0, 0.1) is 5.92 Å². The van der Waals surface area contributed by atoms with E-state index in [4.69, 9.17) is 14.2 Å². The first kappa shape index (κ1) is 29.9. The Hall–Kier alpha value is -3.17. The molecular weight excluding hydrogens is 454 g/mol. The maximum absolute atomic E-state index is 12.9. The highest BCUT2D eigenvalue weighted by Crippen LogP contribution is 2.23. The van der Waals surface area contributed by atoms with Gasteiger partial charge in [0.2, 0.25) is 6.29 Å². The van der Waals surface area contributed by atoms with E-state index in [2.05, 4.69) is 4.98 Å². The van der Waals surface area contributed by atoms with Crippen LogP contribution in [0.5, 0.6) is 0 Å². The molecule has 0 spiro atoms. The minimum atomic E-state index is -1.13. The molecule has 196 valence electrons. The lowest BCUT2D eigenvalue weighted by molar-refractivity contribution is -0.175. The van der Waals surface area contributed by atoms with E-state index in [0.717, 1.165) is 5.69 Å². The van der Waals surface area contributed by atoms with E-state index < -0.39 is 42.4 Å². The molecule has 3 atom stereocenters. The smallest absolute Gasteiger partial charge is 0.412 e. The Bertz CT molecular complexity index is 832. The molecule has 0 aromatic carbocycles. The number of likely N-dealkylation sites (tertiary alicyclic amines) is 1. The van der Waals surface area contributed by atoms with E-state index in [1.54, 1.807) is 27.1 Å². The third kappa shape index (κ3) is 9.54. The van der Waals surface area contributed by atoms with E-state index in [1.807, 2.05) is 32.0 Å². The fraction of sp³-hybridized carbons (Fsp3) is 0.640. The minimum Gasteiger partial charge on any atom is -0.452 e. The molecule has 35 heavy (non-hydrogen) atoms. The van der Waals surface area contributed by atoms with E-state index in [1.165, 1.54) is 23.6 Å². The summed E-state index contributed by atoms with van der Waals surface area (Å²) in [5.41, 5.74) is 0.844. The topological polar surface area (TPSA) is 115 Å². The van der Waals surface area contributed by atoms with Crippen molar-refractivity contribution in [1.29, 1.82) is 0 Å². The molecule has 2 rings (SSSR count). The lowest BCUT2D eigenvalue weighted by atomic mass is 10.1. The first-order valence-corrected chi connectivity index (χ1v) is 12.1. The lowest BCUT2D eigenvalue weighted by Gasteiger charge is -2.29. The maximum Gasteiger partial charge on any atom is 0.412 e. The van der Waals surface area contributed by atoms with Gasteiger partial charge in [0, 0.05) is 52.3 Å². The van der Waals surface area contributed by atoms with Gasteiger partial charge in [-0.15, -0.1) is 0 Å². The number of ether oxygens (including phenoxy) is 3. The summed E-state index contributed by atoms with van der Waals surface area (Å²) in [7, 11) is 1.58. The Morgan fingerprint density at radius 1 is 1.11 bits per heavy atom. The van der Waals surface area contributed by atoms with Gasteiger partial charge in [-0.25, -0.2) is 9.59 Å². The number of pyridine rings is 1. The highest BCUT2D eigenvalue weighted by molar-refractivity contribution is 5.89. The van der Waals surface area contributed by atoms with Crippen LogP contribution >= 0.6 is 0 Å². The molecule has 1 aliphatic rings. The van der Waals surface area contributed by atoms with Gasteiger partial charge in [-0.05, 0) is 30.9 Å². The Morgan fingerprint density at radius 2 is 1.80 bits per heavy atom. The van der Waals surface area contributed by atoms with Crippen LogP contribution in [0.15, 0.2) is 24.4 Å². The van der Waals surface area contributed by atoms with Crippen molar-refractivity contribution in [2.75, 3.05) is 20.1 Å². The van der Waals surface area contributed by atoms with E-state index in [0.29, 0.717) is 32.4 Å². The number of aromatic nitrogens is 1. The summed E-state index contributed by atoms with van der Waals surface area (Å²) in [6, 6.07) is 4.73. The lowest BCUT2D eigenvalue weighted by Crippen LogP contribution is -2.49. The standard InChI is InChI=1S/C23H33N3O7.C2H6/c1-15(2)20(31-16(3)27)21(28)26-13-8-10-19(26)22(29)32-17(4)33-23(30)25(5)14-11-18-9-6-7-12-24-18;1-2/h6-7,9,12,15,17,19-20H,8,10-11,13-14H2,1-5H3;1-2H3/t17?,19-,20+;/m1./s1. The number of nitrogens with zero attached hydrogens (tertiary/aromatic N) is 3. The third-order valence-electron chi connectivity index (χ3n) is 5.24. The number of amides is 2. The first-order chi connectivity index (χ1) is 16.6. The third-order valence-corrected chi connectivity index (χ3v) is 5.24. The van der Waals surface area contributed by atoms with Crippen LogP contribution in [-0.4, -0.2) is 77.3 Å². The van der Waals surface area contributed by atoms with Crippen molar-refractivity contribution in [2.24, 2.45) is 5.92 Å². The molecule has 1 unspecified atom stereocenters. The summed E-state index contributed by atoms with van der Waals surface area (Å²) >= 11 is 0. The molecule has 10 heteroatoms. The van der Waals surface area contributed by atoms with Crippen molar-refractivity contribution in [1.82, 2.24) is 14.8 Å². The van der Waals surface area contributed by atoms with Gasteiger partial charge in [-0.3, -0.25) is 14.6 Å². The van der Waals surface area contributed by atoms with Crippen LogP contribution in [0.4, 0.5) is 4.79 Å². The summed E-state index contributed by atoms with van der Waals surface area (Å²) in [6.45, 7) is 10.9. The molecule has 2 heterocycles. The number of likely N-dealkylation sites (N-methyl/N-ethyl adjacent to an activating group) is 1. The molecule has 0 N–H and O–H groups in total. The van der Waals surface area contributed by atoms with Gasteiger partial charge in [0.15, 0.2) is 6.10 Å². The molecule has 0 radical (unpaired) electrons. The Kier molecular flexibility index (Phi) is 12.8. The Labute approximate surface area is 207 Å². The molecular formula is C25H39N3O7. The van der Waals surface area contributed by atoms with Crippen LogP contribution in [0.1, 0.15) is 60.1 Å². The zero-order valence-corrected chi connectivity index (χ0v) is 21.9. The van der Waals surface area contributed by atoms with Crippen LogP contribution in [-0.2, 0) is 35.0 Å². The van der Waals surface area contributed by atoms with Crippen molar-refractivity contribution in [2.45, 2.75) is 79.2 Å². The van der Waals surface area contributed by atoms with Crippen molar-refractivity contribution in [3.63, 3.8) is 0 Å². The number of carbonyl (C=O) groups excluding carboxylic acids is 4. The fourth-order valence-electron chi connectivity index (χ4n) is 3.51. The fourth-order valence-corrected chi connectivity index (χ4v) is 3.51. The second kappa shape index (κ2) is 15.0. The average molecular weight is 494 g/mol. The summed E-state index contributed by atoms with van der Waals surface area (Å²) in [5.74, 6) is -1.91. The average Bonchev–Trinajstić information content (AvgIpc) is 3.32. The van der Waals surface area contributed by atoms with E-state index in [-0.39, 0.29) is 5.92 Å². The molecule has 10 nitrogen and oxygen atoms in total. The molecule has 0 bridgehead atoms. The normalized spacial score (nSPS) is 16.5. The number of esters is 2. The highest BCUT2D eigenvalue weighted by Gasteiger charge is 2.40. The second-order valence-corrected chi connectivity index (χ2v) is 8.34. The summed E-state index contributed by atoms with van der Waals surface area (Å²) in [4.78, 5) is 56.3. The number of rotatable bonds is 9. The molecule has 2 amide bonds. The highest BCUT2D eigenvalue weighted by atomic mass is 16.7. The summed E-state index contributed by atoms with van der Waals surface area (Å²) in [5, 5.41) is 0. The Morgan fingerprint density at radius 3 is 2.37 bits per heavy atom. The van der Waals surface area contributed by atoms with Crippen molar-refractivity contribution < 1.29 is 33.4 Å². The van der Waals surface area contributed by atoms with Crippen LogP contribution < -0.4 is 0 Å². The first-order valence-electron chi connectivity index (χ1n) is 12.1. The molecule has 1 aromatic heterocycles. The molecule has 1 aromatic rings. The van der Waals surface area contributed by atoms with E-state index >= 15 is 0 Å². The van der Waals surface area contributed by atoms with Gasteiger partial charge in [0.1, 0.15) is 6.04 Å². The number of hydrogen-bond acceptors (Lipinski definition) is 8. The second-order valence-electron chi connectivity index (χ2n) is 8.34. The molecule has 0 saturated carbocycles. The molecule has 0 aliphatic carbocycles. The minimum absolute atomic E-state index is 0.250. The number of hydrogen-bond donors (Lipinski definition) is 0. The monoisotopic (exact) mass is 493 g/mol. The number of carbonyl (C=O) groups is 4. The molecule has 1 saturated heterocycles. The summed E-state index contributed by atoms with van der Waals surface area (Å²) < 4.78 is 15.7. The SMILES string of the molecule is CC.CC(=O)O[C@H](C(=O)N1CCC[C@@H]1C(=O)OC(C)OC(=O)N(C)CCc1ccccn1)C(C)C. The van der Waals surface area contributed by atoms with Crippen molar-refractivity contribution in [3.8, 4) is 0 Å². The largest absolute Gasteiger partial charge is 0.452 e. The van der Waals surface area contributed by atoms with Crippen LogP contribution in [0.2, 0.25) is 0 Å². The predicted octanol–water partition coefficient (Wildman–Crippen LogP) is 3.19. The van der Waals surface area contributed by atoms with Crippen molar-refractivity contribution in [3.05, 3.63) is 30.1 Å². The molecule has 1 aliphatic heterocycles. The summed E-state index contributed by atoms with van der Waals surface area (Å²) in [6.07, 6.45) is 0.524. The van der Waals surface area contributed by atoms with Gasteiger partial charge in [0.25, 0.3) is 5.91 Å². The van der Waals surface area contributed by atoms with Gasteiger partial charge < -0.3 is 24.0 Å². The van der Waals surface area contributed by atoms with Gasteiger partial charge in [-0.1, -0.05) is 33.8 Å². The van der Waals surface area contributed by atoms with Crippen molar-refractivity contribution >= 4 is 23.9 Å². The quantitative estimate of drug-likeness (QED) is 0.380. The van der Waals surface area contributed by atoms with Crippen LogP contribution in [0.3, 0.4) is 0 Å². The maximum atomic E-state index is 12.9. The van der Waals surface area contributed by atoms with Gasteiger partial charge in [-0.2, -0.15) is 0 Å². The van der Waals surface area contributed by atoms with Crippen LogP contribution in [0.25, 0.3) is 0 Å². The predicted molar refractivity (Wildman–Crippen MR) is 129 cm³/mol. The zero-order chi connectivity index (χ0) is 26.5. The Balaban J connectivity index is 0.00000298. The van der Waals surface area contributed by atoms with Gasteiger partial charge >= 0.3 is 18.0 Å². The van der Waals surface area contributed by atoms with Gasteiger partial charge in [0.05, 0.1) is 0 Å².